The predicted molar refractivity (Wildman–Crippen MR) is 148 cm³/mol. The lowest BCUT2D eigenvalue weighted by atomic mass is 9.93. The minimum atomic E-state index is -1.29. The number of benzene rings is 2. The van der Waals surface area contributed by atoms with Crippen molar-refractivity contribution in [3.05, 3.63) is 59.7 Å². The molecule has 0 fully saturated rings. The van der Waals surface area contributed by atoms with Gasteiger partial charge < -0.3 is 18.9 Å². The van der Waals surface area contributed by atoms with Crippen LogP contribution in [0.3, 0.4) is 0 Å². The van der Waals surface area contributed by atoms with Gasteiger partial charge in [0.1, 0.15) is 17.7 Å². The number of carbonyl (C=O) groups is 2. The van der Waals surface area contributed by atoms with Crippen LogP contribution in [0.2, 0.25) is 0 Å². The van der Waals surface area contributed by atoms with Crippen molar-refractivity contribution in [3.63, 3.8) is 0 Å². The zero-order valence-electron chi connectivity index (χ0n) is 23.7. The Bertz CT molecular complexity index is 1010. The van der Waals surface area contributed by atoms with E-state index in [0.717, 1.165) is 36.8 Å². The Balaban J connectivity index is 2.25. The standard InChI is InChI=1S/C30H44N2O6/c1-7-9-18-35-25-17-16-24(20-26(25)36-19-10-8-2)21-30(6,32-31-28(34)38-29(3,4)5)27(33)37-22-23-14-12-11-13-15-23/h11-17,20,32H,7-10,18-19,21-22H2,1-6H3,(H,31,34)/t30-/m0/s1. The first-order valence-electron chi connectivity index (χ1n) is 13.4. The van der Waals surface area contributed by atoms with Crippen molar-refractivity contribution >= 4 is 12.1 Å². The summed E-state index contributed by atoms with van der Waals surface area (Å²) in [5.41, 5.74) is 5.07. The van der Waals surface area contributed by atoms with Gasteiger partial charge in [-0.05, 0) is 63.8 Å². The van der Waals surface area contributed by atoms with Crippen molar-refractivity contribution in [2.24, 2.45) is 0 Å². The molecule has 0 spiro atoms. The zero-order chi connectivity index (χ0) is 28.0. The van der Waals surface area contributed by atoms with Crippen LogP contribution in [0.4, 0.5) is 4.79 Å². The highest BCUT2D eigenvalue weighted by Gasteiger charge is 2.36. The minimum absolute atomic E-state index is 0.110. The number of amides is 1. The predicted octanol–water partition coefficient (Wildman–Crippen LogP) is 6.12. The van der Waals surface area contributed by atoms with Crippen LogP contribution in [0.15, 0.2) is 48.5 Å². The highest BCUT2D eigenvalue weighted by molar-refractivity contribution is 5.81. The van der Waals surface area contributed by atoms with Crippen LogP contribution in [0.5, 0.6) is 11.5 Å². The maximum Gasteiger partial charge on any atom is 0.422 e. The second-order valence-corrected chi connectivity index (χ2v) is 10.5. The van der Waals surface area contributed by atoms with Gasteiger partial charge in [-0.15, -0.1) is 0 Å². The molecular weight excluding hydrogens is 484 g/mol. The normalized spacial score (nSPS) is 12.8. The third kappa shape index (κ3) is 11.0. The molecule has 0 saturated carbocycles. The van der Waals surface area contributed by atoms with Gasteiger partial charge in [0.05, 0.1) is 13.2 Å². The van der Waals surface area contributed by atoms with Gasteiger partial charge in [0.2, 0.25) is 0 Å². The molecule has 0 unspecified atom stereocenters. The van der Waals surface area contributed by atoms with Crippen molar-refractivity contribution in [2.75, 3.05) is 13.2 Å². The Hall–Kier alpha value is -3.26. The van der Waals surface area contributed by atoms with E-state index in [2.05, 4.69) is 24.7 Å². The number of carbonyl (C=O) groups excluding carboxylic acids is 2. The van der Waals surface area contributed by atoms with E-state index in [9.17, 15) is 9.59 Å². The van der Waals surface area contributed by atoms with Gasteiger partial charge in [-0.1, -0.05) is 63.1 Å². The fourth-order valence-corrected chi connectivity index (χ4v) is 3.50. The molecule has 2 aromatic carbocycles. The van der Waals surface area contributed by atoms with Crippen molar-refractivity contribution in [1.29, 1.82) is 0 Å². The van der Waals surface area contributed by atoms with Crippen LogP contribution in [-0.2, 0) is 27.3 Å². The molecule has 0 aliphatic carbocycles. The molecule has 38 heavy (non-hydrogen) atoms. The minimum Gasteiger partial charge on any atom is -0.490 e. The molecule has 2 rings (SSSR count). The average molecular weight is 529 g/mol. The van der Waals surface area contributed by atoms with Crippen LogP contribution in [0.1, 0.15) is 78.4 Å². The number of rotatable bonds is 15. The van der Waals surface area contributed by atoms with Crippen molar-refractivity contribution in [2.45, 2.75) is 91.4 Å². The number of hydrogen-bond donors (Lipinski definition) is 2. The molecule has 2 aromatic rings. The Kier molecular flexibility index (Phi) is 12.4. The molecule has 210 valence electrons. The highest BCUT2D eigenvalue weighted by atomic mass is 16.6. The molecule has 0 aromatic heterocycles. The molecule has 0 radical (unpaired) electrons. The van der Waals surface area contributed by atoms with Gasteiger partial charge in [0.25, 0.3) is 0 Å². The molecule has 2 N–H and O–H groups in total. The molecule has 0 aliphatic heterocycles. The molecule has 1 atom stereocenters. The van der Waals surface area contributed by atoms with Crippen LogP contribution in [0.25, 0.3) is 0 Å². The summed E-state index contributed by atoms with van der Waals surface area (Å²) in [4.78, 5) is 25.7. The fourth-order valence-electron chi connectivity index (χ4n) is 3.50. The lowest BCUT2D eigenvalue weighted by Gasteiger charge is -2.30. The second kappa shape index (κ2) is 15.2. The Morgan fingerprint density at radius 2 is 1.45 bits per heavy atom. The topological polar surface area (TPSA) is 95.1 Å². The lowest BCUT2D eigenvalue weighted by molar-refractivity contribution is -0.152. The highest BCUT2D eigenvalue weighted by Crippen LogP contribution is 2.31. The smallest absolute Gasteiger partial charge is 0.422 e. The first-order valence-corrected chi connectivity index (χ1v) is 13.4. The van der Waals surface area contributed by atoms with Crippen molar-refractivity contribution in [3.8, 4) is 11.5 Å². The van der Waals surface area contributed by atoms with E-state index in [-0.39, 0.29) is 13.0 Å². The largest absolute Gasteiger partial charge is 0.490 e. The Morgan fingerprint density at radius 3 is 2.05 bits per heavy atom. The monoisotopic (exact) mass is 528 g/mol. The Labute approximate surface area is 227 Å². The number of ether oxygens (including phenoxy) is 4. The summed E-state index contributed by atoms with van der Waals surface area (Å²) in [7, 11) is 0. The van der Waals surface area contributed by atoms with Gasteiger partial charge in [0, 0.05) is 6.42 Å². The van der Waals surface area contributed by atoms with E-state index in [1.54, 1.807) is 27.7 Å². The third-order valence-electron chi connectivity index (χ3n) is 5.58. The van der Waals surface area contributed by atoms with E-state index in [1.165, 1.54) is 0 Å². The van der Waals surface area contributed by atoms with Crippen LogP contribution < -0.4 is 20.3 Å². The fraction of sp³-hybridized carbons (Fsp3) is 0.533. The third-order valence-corrected chi connectivity index (χ3v) is 5.58. The second-order valence-electron chi connectivity index (χ2n) is 10.5. The maximum atomic E-state index is 13.3. The molecule has 0 saturated heterocycles. The number of nitrogens with one attached hydrogen (secondary N) is 2. The summed E-state index contributed by atoms with van der Waals surface area (Å²) in [5, 5.41) is 0. The quantitative estimate of drug-likeness (QED) is 0.163. The maximum absolute atomic E-state index is 13.3. The number of esters is 1. The lowest BCUT2D eigenvalue weighted by Crippen LogP contribution is -2.59. The van der Waals surface area contributed by atoms with Gasteiger partial charge >= 0.3 is 12.1 Å². The van der Waals surface area contributed by atoms with Crippen molar-refractivity contribution in [1.82, 2.24) is 10.9 Å². The first kappa shape index (κ1) is 31.0. The van der Waals surface area contributed by atoms with Crippen LogP contribution in [-0.4, -0.2) is 36.4 Å². The van der Waals surface area contributed by atoms with Gasteiger partial charge in [-0.3, -0.25) is 5.43 Å². The van der Waals surface area contributed by atoms with E-state index in [4.69, 9.17) is 18.9 Å². The molecule has 0 bridgehead atoms. The van der Waals surface area contributed by atoms with Crippen LogP contribution >= 0.6 is 0 Å². The average Bonchev–Trinajstić information content (AvgIpc) is 2.87. The van der Waals surface area contributed by atoms with E-state index in [1.807, 2.05) is 48.5 Å². The number of unbranched alkanes of at least 4 members (excludes halogenated alkanes) is 2. The molecule has 8 heteroatoms. The summed E-state index contributed by atoms with van der Waals surface area (Å²) < 4.78 is 23.0. The molecule has 0 heterocycles. The van der Waals surface area contributed by atoms with E-state index >= 15 is 0 Å². The Morgan fingerprint density at radius 1 is 0.816 bits per heavy atom. The van der Waals surface area contributed by atoms with Gasteiger partial charge in [-0.25, -0.2) is 15.0 Å². The van der Waals surface area contributed by atoms with E-state index in [0.29, 0.717) is 24.7 Å². The summed E-state index contributed by atoms with van der Waals surface area (Å²) in [6, 6.07) is 15.1. The number of hydrazine groups is 1. The summed E-state index contributed by atoms with van der Waals surface area (Å²) in [6.45, 7) is 12.5. The van der Waals surface area contributed by atoms with E-state index < -0.39 is 23.2 Å². The zero-order valence-corrected chi connectivity index (χ0v) is 23.7. The summed E-state index contributed by atoms with van der Waals surface area (Å²) in [6.07, 6.45) is 3.44. The number of hydrogen-bond acceptors (Lipinski definition) is 7. The van der Waals surface area contributed by atoms with Gasteiger partial charge in [-0.2, -0.15) is 0 Å². The summed E-state index contributed by atoms with van der Waals surface area (Å²) in [5.74, 6) is 0.785. The first-order chi connectivity index (χ1) is 18.1. The summed E-state index contributed by atoms with van der Waals surface area (Å²) >= 11 is 0. The molecule has 1 amide bonds. The molecular formula is C30H44N2O6. The van der Waals surface area contributed by atoms with Gasteiger partial charge in [0.15, 0.2) is 11.5 Å². The SMILES string of the molecule is CCCCOc1ccc(C[C@](C)(NNC(=O)OC(C)(C)C)C(=O)OCc2ccccc2)cc1OCCCC. The van der Waals surface area contributed by atoms with Crippen LogP contribution in [0, 0.1) is 0 Å². The van der Waals surface area contributed by atoms with Crippen molar-refractivity contribution < 1.29 is 28.5 Å². The molecule has 8 nitrogen and oxygen atoms in total. The molecule has 0 aliphatic rings.